The van der Waals surface area contributed by atoms with Crippen LogP contribution < -0.4 is 16.0 Å². The number of likely N-dealkylation sites (N-methyl/N-ethyl adjacent to an activating group) is 1. The van der Waals surface area contributed by atoms with Gasteiger partial charge in [0.05, 0.1) is 5.69 Å². The Labute approximate surface area is 157 Å². The smallest absolute Gasteiger partial charge is 0.272 e. The third kappa shape index (κ3) is 3.52. The maximum atomic E-state index is 13.0. The van der Waals surface area contributed by atoms with Crippen molar-refractivity contribution in [1.82, 2.24) is 25.5 Å². The minimum atomic E-state index is -0.640. The summed E-state index contributed by atoms with van der Waals surface area (Å²) >= 11 is 1.60. The van der Waals surface area contributed by atoms with E-state index < -0.39 is 11.5 Å². The monoisotopic (exact) mass is 375 g/mol. The zero-order chi connectivity index (χ0) is 18.9. The zero-order valence-corrected chi connectivity index (χ0v) is 16.4. The lowest BCUT2D eigenvalue weighted by atomic mass is 9.86. The number of fused-ring (bicyclic) bond motifs is 1. The number of aromatic nitrogens is 2. The summed E-state index contributed by atoms with van der Waals surface area (Å²) in [5, 5.41) is 12.8. The van der Waals surface area contributed by atoms with Gasteiger partial charge in [0.25, 0.3) is 5.91 Å². The van der Waals surface area contributed by atoms with Crippen molar-refractivity contribution in [3.05, 3.63) is 28.2 Å². The highest BCUT2D eigenvalue weighted by Crippen LogP contribution is 2.27. The molecule has 3 N–H and O–H groups in total. The van der Waals surface area contributed by atoms with E-state index >= 15 is 0 Å². The van der Waals surface area contributed by atoms with Crippen LogP contribution in [0.25, 0.3) is 11.4 Å². The summed E-state index contributed by atoms with van der Waals surface area (Å²) in [5.74, 6) is 0.276. The van der Waals surface area contributed by atoms with Gasteiger partial charge in [-0.05, 0) is 16.9 Å². The average Bonchev–Trinajstić information content (AvgIpc) is 3.25. The van der Waals surface area contributed by atoms with Crippen molar-refractivity contribution >= 4 is 23.2 Å². The molecule has 0 aliphatic carbocycles. The number of nitrogens with zero attached hydrogens (tertiary/aromatic N) is 2. The van der Waals surface area contributed by atoms with Gasteiger partial charge in [-0.3, -0.25) is 9.59 Å². The quantitative estimate of drug-likeness (QED) is 0.757. The highest BCUT2D eigenvalue weighted by molar-refractivity contribution is 7.08. The van der Waals surface area contributed by atoms with E-state index in [2.05, 4.69) is 25.5 Å². The van der Waals surface area contributed by atoms with Crippen LogP contribution >= 0.6 is 11.3 Å². The van der Waals surface area contributed by atoms with Crippen LogP contribution in [0, 0.1) is 5.41 Å². The molecule has 3 heterocycles. The molecule has 0 radical (unpaired) electrons. The highest BCUT2D eigenvalue weighted by Gasteiger charge is 2.34. The highest BCUT2D eigenvalue weighted by atomic mass is 32.1. The van der Waals surface area contributed by atoms with Crippen LogP contribution in [0.4, 0.5) is 0 Å². The van der Waals surface area contributed by atoms with Crippen LogP contribution in [0.5, 0.6) is 0 Å². The van der Waals surface area contributed by atoms with Gasteiger partial charge in [-0.2, -0.15) is 11.3 Å². The Kier molecular flexibility index (Phi) is 5.15. The Morgan fingerprint density at radius 1 is 1.38 bits per heavy atom. The zero-order valence-electron chi connectivity index (χ0n) is 15.5. The van der Waals surface area contributed by atoms with E-state index in [0.29, 0.717) is 12.2 Å². The van der Waals surface area contributed by atoms with Crippen molar-refractivity contribution in [2.45, 2.75) is 39.9 Å². The fraction of sp³-hybridized carbons (Fsp3) is 0.500. The van der Waals surface area contributed by atoms with Gasteiger partial charge in [-0.25, -0.2) is 4.98 Å². The molecule has 1 aliphatic rings. The molecule has 0 aromatic carbocycles. The number of carbonyl (C=O) groups is 2. The van der Waals surface area contributed by atoms with Gasteiger partial charge in [0.2, 0.25) is 5.91 Å². The molecule has 7 nitrogen and oxygen atoms in total. The van der Waals surface area contributed by atoms with Crippen molar-refractivity contribution in [1.29, 1.82) is 0 Å². The Bertz CT molecular complexity index is 804. The van der Waals surface area contributed by atoms with Crippen molar-refractivity contribution in [3.63, 3.8) is 0 Å². The van der Waals surface area contributed by atoms with Crippen LogP contribution in [-0.2, 0) is 17.9 Å². The fourth-order valence-electron chi connectivity index (χ4n) is 3.12. The number of rotatable bonds is 4. The number of carbonyl (C=O) groups excluding carboxylic acids is 2. The van der Waals surface area contributed by atoms with E-state index in [4.69, 9.17) is 0 Å². The molecule has 8 heteroatoms. The second kappa shape index (κ2) is 7.20. The molecule has 2 aromatic rings. The number of hydrogen-bond donors (Lipinski definition) is 3. The minimum Gasteiger partial charge on any atom is -0.357 e. The summed E-state index contributed by atoms with van der Waals surface area (Å²) in [6, 6.07) is 1.37. The van der Waals surface area contributed by atoms with Crippen LogP contribution in [0.2, 0.25) is 0 Å². The standard InChI is InChI=1S/C18H25N5O2S/c1-18(2,3)14(17(25)19-4)22-16(24)13-12-9-20-6-7-23(12)15(21-13)11-5-8-26-10-11/h5,8,10,14,20H,6-7,9H2,1-4H3,(H,19,25)(H,22,24)/t14-/m1/s1. The fourth-order valence-corrected chi connectivity index (χ4v) is 3.75. The minimum absolute atomic E-state index is 0.213. The van der Waals surface area contributed by atoms with Gasteiger partial charge in [0, 0.05) is 37.6 Å². The summed E-state index contributed by atoms with van der Waals surface area (Å²) in [4.78, 5) is 29.9. The molecule has 0 fully saturated rings. The molecule has 0 unspecified atom stereocenters. The number of thiophene rings is 1. The van der Waals surface area contributed by atoms with Crippen LogP contribution in [0.3, 0.4) is 0 Å². The van der Waals surface area contributed by atoms with E-state index in [1.165, 1.54) is 0 Å². The number of hydrogen-bond acceptors (Lipinski definition) is 5. The molecular weight excluding hydrogens is 350 g/mol. The second-order valence-electron chi connectivity index (χ2n) is 7.46. The van der Waals surface area contributed by atoms with E-state index in [-0.39, 0.29) is 11.8 Å². The van der Waals surface area contributed by atoms with E-state index in [1.807, 2.05) is 37.6 Å². The molecule has 140 valence electrons. The summed E-state index contributed by atoms with van der Waals surface area (Å²) in [5.41, 5.74) is 1.84. The Balaban J connectivity index is 1.96. The molecule has 1 atom stereocenters. The van der Waals surface area contributed by atoms with Crippen LogP contribution in [0.1, 0.15) is 37.0 Å². The van der Waals surface area contributed by atoms with E-state index in [1.54, 1.807) is 18.4 Å². The molecule has 2 aromatic heterocycles. The Morgan fingerprint density at radius 3 is 2.77 bits per heavy atom. The van der Waals surface area contributed by atoms with Crippen molar-refractivity contribution in [2.75, 3.05) is 13.6 Å². The number of nitrogens with one attached hydrogen (secondary N) is 3. The summed E-state index contributed by atoms with van der Waals surface area (Å²) in [6.45, 7) is 7.96. The summed E-state index contributed by atoms with van der Waals surface area (Å²) in [7, 11) is 1.57. The average molecular weight is 375 g/mol. The van der Waals surface area contributed by atoms with Gasteiger partial charge in [-0.15, -0.1) is 0 Å². The van der Waals surface area contributed by atoms with Crippen molar-refractivity contribution in [3.8, 4) is 11.4 Å². The first kappa shape index (κ1) is 18.6. The summed E-state index contributed by atoms with van der Waals surface area (Å²) in [6.07, 6.45) is 0. The third-order valence-corrected chi connectivity index (χ3v) is 5.20. The van der Waals surface area contributed by atoms with Crippen LogP contribution in [0.15, 0.2) is 16.8 Å². The normalized spacial score (nSPS) is 15.2. The molecule has 0 bridgehead atoms. The Morgan fingerprint density at radius 2 is 2.15 bits per heavy atom. The van der Waals surface area contributed by atoms with Gasteiger partial charge >= 0.3 is 0 Å². The molecule has 1 aliphatic heterocycles. The number of amides is 2. The van der Waals surface area contributed by atoms with E-state index in [9.17, 15) is 9.59 Å². The van der Waals surface area contributed by atoms with Gasteiger partial charge in [-0.1, -0.05) is 20.8 Å². The maximum absolute atomic E-state index is 13.0. The van der Waals surface area contributed by atoms with Gasteiger partial charge < -0.3 is 20.5 Å². The predicted octanol–water partition coefficient (Wildman–Crippen LogP) is 1.61. The number of imidazole rings is 1. The first-order chi connectivity index (χ1) is 12.3. The van der Waals surface area contributed by atoms with Gasteiger partial charge in [0.1, 0.15) is 11.9 Å². The maximum Gasteiger partial charge on any atom is 0.272 e. The molecule has 0 saturated carbocycles. The first-order valence-corrected chi connectivity index (χ1v) is 9.62. The first-order valence-electron chi connectivity index (χ1n) is 8.68. The lowest BCUT2D eigenvalue weighted by Gasteiger charge is -2.29. The van der Waals surface area contributed by atoms with E-state index in [0.717, 1.165) is 30.2 Å². The molecule has 0 spiro atoms. The largest absolute Gasteiger partial charge is 0.357 e. The van der Waals surface area contributed by atoms with Crippen LogP contribution in [-0.4, -0.2) is 41.0 Å². The van der Waals surface area contributed by atoms with Gasteiger partial charge in [0.15, 0.2) is 5.69 Å². The second-order valence-corrected chi connectivity index (χ2v) is 8.24. The van der Waals surface area contributed by atoms with Crippen molar-refractivity contribution < 1.29 is 9.59 Å². The predicted molar refractivity (Wildman–Crippen MR) is 102 cm³/mol. The topological polar surface area (TPSA) is 88.1 Å². The third-order valence-electron chi connectivity index (χ3n) is 4.52. The lowest BCUT2D eigenvalue weighted by molar-refractivity contribution is -0.124. The Hall–Kier alpha value is -2.19. The molecule has 0 saturated heterocycles. The van der Waals surface area contributed by atoms with Crippen molar-refractivity contribution in [2.24, 2.45) is 5.41 Å². The molecular formula is C18H25N5O2S. The SMILES string of the molecule is CNC(=O)[C@@H](NC(=O)c1nc(-c2ccsc2)n2c1CNCC2)C(C)(C)C. The molecule has 2 amide bonds. The summed E-state index contributed by atoms with van der Waals surface area (Å²) < 4.78 is 2.10. The lowest BCUT2D eigenvalue weighted by Crippen LogP contribution is -2.53. The molecule has 26 heavy (non-hydrogen) atoms. The molecule has 3 rings (SSSR count).